The molecule has 1 fully saturated rings. The Morgan fingerprint density at radius 1 is 1.47 bits per heavy atom. The Labute approximate surface area is 113 Å². The van der Waals surface area contributed by atoms with Crippen LogP contribution in [0, 0.1) is 27.4 Å². The van der Waals surface area contributed by atoms with Crippen LogP contribution in [0.5, 0.6) is 0 Å². The summed E-state index contributed by atoms with van der Waals surface area (Å²) in [6, 6.07) is 6.95. The van der Waals surface area contributed by atoms with Crippen LogP contribution in [-0.4, -0.2) is 15.9 Å². The Morgan fingerprint density at radius 2 is 2.21 bits per heavy atom. The van der Waals surface area contributed by atoms with Gasteiger partial charge in [0.25, 0.3) is 5.69 Å². The molecule has 0 bridgehead atoms. The van der Waals surface area contributed by atoms with Crippen molar-refractivity contribution in [2.24, 2.45) is 5.92 Å². The van der Waals surface area contributed by atoms with Gasteiger partial charge in [-0.25, -0.2) is 0 Å². The third-order valence-electron chi connectivity index (χ3n) is 2.72. The highest BCUT2D eigenvalue weighted by atomic mass is 32.1. The van der Waals surface area contributed by atoms with E-state index >= 15 is 0 Å². The van der Waals surface area contributed by atoms with E-state index in [1.54, 1.807) is 6.07 Å². The monoisotopic (exact) mass is 276 g/mol. The van der Waals surface area contributed by atoms with Crippen molar-refractivity contribution < 1.29 is 9.72 Å². The largest absolute Gasteiger partial charge is 0.354 e. The number of thiocarbonyl (C=S) groups is 1. The molecule has 0 spiro atoms. The summed E-state index contributed by atoms with van der Waals surface area (Å²) in [4.78, 5) is 21.8. The van der Waals surface area contributed by atoms with E-state index in [2.05, 4.69) is 10.6 Å². The van der Waals surface area contributed by atoms with E-state index in [0.717, 1.165) is 0 Å². The van der Waals surface area contributed by atoms with E-state index < -0.39 is 22.8 Å². The molecule has 1 aliphatic heterocycles. The minimum Gasteiger partial charge on any atom is -0.354 e. The molecule has 1 heterocycles. The molecule has 1 aromatic carbocycles. The van der Waals surface area contributed by atoms with Gasteiger partial charge in [0.05, 0.1) is 17.0 Å². The van der Waals surface area contributed by atoms with Crippen LogP contribution in [0.3, 0.4) is 0 Å². The molecule has 2 N–H and O–H groups in total. The van der Waals surface area contributed by atoms with Crippen molar-refractivity contribution in [1.29, 1.82) is 5.26 Å². The summed E-state index contributed by atoms with van der Waals surface area (Å²) in [7, 11) is 0. The van der Waals surface area contributed by atoms with Gasteiger partial charge in [-0.3, -0.25) is 14.9 Å². The van der Waals surface area contributed by atoms with Crippen LogP contribution < -0.4 is 10.6 Å². The van der Waals surface area contributed by atoms with Crippen molar-refractivity contribution in [3.63, 3.8) is 0 Å². The first-order valence-electron chi connectivity index (χ1n) is 5.28. The second kappa shape index (κ2) is 4.99. The number of nitro benzene ring substituents is 1. The van der Waals surface area contributed by atoms with Gasteiger partial charge in [0.2, 0.25) is 5.91 Å². The molecule has 2 atom stereocenters. The zero-order chi connectivity index (χ0) is 14.0. The van der Waals surface area contributed by atoms with E-state index in [1.807, 2.05) is 6.07 Å². The van der Waals surface area contributed by atoms with Crippen LogP contribution in [0.25, 0.3) is 0 Å². The van der Waals surface area contributed by atoms with Gasteiger partial charge in [0.15, 0.2) is 5.11 Å². The van der Waals surface area contributed by atoms with E-state index in [0.29, 0.717) is 5.56 Å². The molecule has 1 aromatic rings. The highest BCUT2D eigenvalue weighted by Crippen LogP contribution is 2.27. The quantitative estimate of drug-likeness (QED) is 0.469. The molecule has 1 amide bonds. The molecule has 1 saturated heterocycles. The van der Waals surface area contributed by atoms with E-state index in [1.165, 1.54) is 18.2 Å². The van der Waals surface area contributed by atoms with Gasteiger partial charge >= 0.3 is 0 Å². The summed E-state index contributed by atoms with van der Waals surface area (Å²) in [5, 5.41) is 25.0. The lowest BCUT2D eigenvalue weighted by atomic mass is 9.92. The van der Waals surface area contributed by atoms with Gasteiger partial charge in [0.1, 0.15) is 5.92 Å². The second-order valence-corrected chi connectivity index (χ2v) is 4.31. The zero-order valence-electron chi connectivity index (χ0n) is 9.49. The first-order chi connectivity index (χ1) is 9.02. The molecular weight excluding hydrogens is 268 g/mol. The summed E-state index contributed by atoms with van der Waals surface area (Å²) in [5.74, 6) is -1.50. The molecule has 0 saturated carbocycles. The van der Waals surface area contributed by atoms with Crippen LogP contribution in [0.2, 0.25) is 0 Å². The van der Waals surface area contributed by atoms with Crippen molar-refractivity contribution in [1.82, 2.24) is 10.6 Å². The number of carbonyl (C=O) groups excluding carboxylic acids is 1. The first-order valence-corrected chi connectivity index (χ1v) is 5.69. The molecule has 7 nitrogen and oxygen atoms in total. The number of rotatable bonds is 2. The van der Waals surface area contributed by atoms with E-state index in [-0.39, 0.29) is 10.8 Å². The predicted molar refractivity (Wildman–Crippen MR) is 68.8 cm³/mol. The molecule has 0 radical (unpaired) electrons. The lowest BCUT2D eigenvalue weighted by Gasteiger charge is -2.29. The molecule has 0 aromatic heterocycles. The van der Waals surface area contributed by atoms with E-state index in [4.69, 9.17) is 17.5 Å². The lowest BCUT2D eigenvalue weighted by Crippen LogP contribution is -2.53. The summed E-state index contributed by atoms with van der Waals surface area (Å²) >= 11 is 4.86. The zero-order valence-corrected chi connectivity index (χ0v) is 10.3. The number of nitro groups is 1. The molecule has 2 unspecified atom stereocenters. The van der Waals surface area contributed by atoms with Crippen molar-refractivity contribution in [2.75, 3.05) is 0 Å². The van der Waals surface area contributed by atoms with Crippen LogP contribution in [0.1, 0.15) is 11.6 Å². The van der Waals surface area contributed by atoms with Gasteiger partial charge in [-0.1, -0.05) is 12.1 Å². The highest BCUT2D eigenvalue weighted by molar-refractivity contribution is 7.80. The van der Waals surface area contributed by atoms with Crippen LogP contribution >= 0.6 is 12.2 Å². The van der Waals surface area contributed by atoms with Crippen LogP contribution in [-0.2, 0) is 4.79 Å². The maximum absolute atomic E-state index is 11.6. The Kier molecular flexibility index (Phi) is 3.39. The summed E-state index contributed by atoms with van der Waals surface area (Å²) < 4.78 is 0. The maximum Gasteiger partial charge on any atom is 0.269 e. The minimum absolute atomic E-state index is 0.104. The first kappa shape index (κ1) is 12.9. The number of carbonyl (C=O) groups is 1. The summed E-state index contributed by atoms with van der Waals surface area (Å²) in [5.41, 5.74) is 0.367. The van der Waals surface area contributed by atoms with Crippen LogP contribution in [0.4, 0.5) is 5.69 Å². The lowest BCUT2D eigenvalue weighted by molar-refractivity contribution is -0.384. The Balaban J connectivity index is 2.41. The van der Waals surface area contributed by atoms with Crippen molar-refractivity contribution in [3.05, 3.63) is 39.9 Å². The molecule has 2 rings (SSSR count). The molecule has 8 heteroatoms. The highest BCUT2D eigenvalue weighted by Gasteiger charge is 2.35. The van der Waals surface area contributed by atoms with E-state index in [9.17, 15) is 14.9 Å². The smallest absolute Gasteiger partial charge is 0.269 e. The molecular formula is C11H8N4O3S. The second-order valence-electron chi connectivity index (χ2n) is 3.90. The molecule has 19 heavy (non-hydrogen) atoms. The fourth-order valence-corrected chi connectivity index (χ4v) is 2.07. The summed E-state index contributed by atoms with van der Waals surface area (Å²) in [6.07, 6.45) is 0. The number of hydrogen-bond donors (Lipinski definition) is 2. The Morgan fingerprint density at radius 3 is 2.84 bits per heavy atom. The van der Waals surface area contributed by atoms with Crippen molar-refractivity contribution in [2.45, 2.75) is 6.04 Å². The number of non-ortho nitro benzene ring substituents is 1. The average molecular weight is 276 g/mol. The molecule has 0 aliphatic carbocycles. The maximum atomic E-state index is 11.6. The third-order valence-corrected chi connectivity index (χ3v) is 2.94. The number of nitrogens with one attached hydrogen (secondary N) is 2. The minimum atomic E-state index is -0.992. The average Bonchev–Trinajstić information content (AvgIpc) is 2.38. The van der Waals surface area contributed by atoms with Gasteiger partial charge < -0.3 is 10.6 Å². The Bertz CT molecular complexity index is 610. The Hall–Kier alpha value is -2.53. The van der Waals surface area contributed by atoms with Crippen LogP contribution in [0.15, 0.2) is 24.3 Å². The fraction of sp³-hybridized carbons (Fsp3) is 0.182. The molecule has 1 aliphatic rings. The predicted octanol–water partition coefficient (Wildman–Crippen LogP) is 0.780. The number of hydrogen-bond acceptors (Lipinski definition) is 5. The van der Waals surface area contributed by atoms with Gasteiger partial charge in [-0.2, -0.15) is 5.26 Å². The van der Waals surface area contributed by atoms with Crippen molar-refractivity contribution >= 4 is 28.9 Å². The van der Waals surface area contributed by atoms with Gasteiger partial charge in [0, 0.05) is 12.1 Å². The number of nitriles is 1. The normalized spacial score (nSPS) is 22.1. The fourth-order valence-electron chi connectivity index (χ4n) is 1.84. The standard InChI is InChI=1S/C11H8N4O3S/c12-5-8-9(13-11(19)14-10(8)16)6-2-1-3-7(4-6)15(17)18/h1-4,8-9H,(H2,13,14,16,19). The topological polar surface area (TPSA) is 108 Å². The van der Waals surface area contributed by atoms with Gasteiger partial charge in [-0.05, 0) is 17.8 Å². The SMILES string of the molecule is N#CC1C(=O)NC(=S)NC1c1cccc([N+](=O)[O-])c1. The molecule has 96 valence electrons. The number of nitrogens with zero attached hydrogens (tertiary/aromatic N) is 2. The van der Waals surface area contributed by atoms with Crippen molar-refractivity contribution in [3.8, 4) is 6.07 Å². The summed E-state index contributed by atoms with van der Waals surface area (Å²) in [6.45, 7) is 0. The number of benzene rings is 1. The number of amides is 1. The third kappa shape index (κ3) is 2.51. The van der Waals surface area contributed by atoms with Gasteiger partial charge in [-0.15, -0.1) is 0 Å².